The Hall–Kier alpha value is -3.66. The molecule has 1 aliphatic rings. The number of aryl methyl sites for hydroxylation is 1. The molecule has 0 bridgehead atoms. The second kappa shape index (κ2) is 11.2. The van der Waals surface area contributed by atoms with Crippen LogP contribution in [0.2, 0.25) is 10.0 Å². The van der Waals surface area contributed by atoms with Gasteiger partial charge in [-0.25, -0.2) is 9.69 Å². The van der Waals surface area contributed by atoms with Crippen LogP contribution >= 0.6 is 39.1 Å². The second-order valence-electron chi connectivity index (χ2n) is 7.92. The van der Waals surface area contributed by atoms with Crippen LogP contribution in [0.5, 0.6) is 5.75 Å². The maximum atomic E-state index is 13.1. The van der Waals surface area contributed by atoms with Gasteiger partial charge in [0.1, 0.15) is 11.3 Å². The molecule has 0 unspecified atom stereocenters. The lowest BCUT2D eigenvalue weighted by Crippen LogP contribution is -2.54. The Morgan fingerprint density at radius 3 is 2.46 bits per heavy atom. The zero-order valence-electron chi connectivity index (χ0n) is 19.2. The van der Waals surface area contributed by atoms with E-state index >= 15 is 0 Å². The minimum absolute atomic E-state index is 0.235. The van der Waals surface area contributed by atoms with Gasteiger partial charge in [0, 0.05) is 15.7 Å². The second-order valence-corrected chi connectivity index (χ2v) is 9.62. The van der Waals surface area contributed by atoms with Crippen LogP contribution in [-0.4, -0.2) is 30.4 Å². The van der Waals surface area contributed by atoms with Gasteiger partial charge in [-0.1, -0.05) is 35.3 Å². The van der Waals surface area contributed by atoms with Crippen molar-refractivity contribution >= 4 is 80.3 Å². The summed E-state index contributed by atoms with van der Waals surface area (Å²) in [5.74, 6) is -1.60. The van der Waals surface area contributed by atoms with Crippen molar-refractivity contribution in [2.45, 2.75) is 6.92 Å². The molecule has 0 atom stereocenters. The van der Waals surface area contributed by atoms with Crippen molar-refractivity contribution in [3.05, 3.63) is 91.9 Å². The fourth-order valence-corrected chi connectivity index (χ4v) is 4.19. The standard InChI is InChI=1S/C26H18BrCl2N3O5/c1-14-2-8-18(12-21(14)29)32-25(35)19(24(34)31-26(32)36)10-15-3-9-22(20(27)11-15)37-13-23(33)30-17-6-4-16(28)5-7-17/h2-12H,13H2,1H3,(H,30,33)(H,31,34,36)/b19-10+. The Bertz CT molecular complexity index is 1460. The van der Waals surface area contributed by atoms with Crippen LogP contribution in [0.25, 0.3) is 6.08 Å². The van der Waals surface area contributed by atoms with Gasteiger partial charge in [-0.05, 0) is 88.6 Å². The minimum Gasteiger partial charge on any atom is -0.483 e. The number of rotatable bonds is 6. The van der Waals surface area contributed by atoms with Gasteiger partial charge in [0.2, 0.25) is 0 Å². The lowest BCUT2D eigenvalue weighted by atomic mass is 10.1. The number of nitrogens with one attached hydrogen (secondary N) is 2. The van der Waals surface area contributed by atoms with Gasteiger partial charge < -0.3 is 10.1 Å². The highest BCUT2D eigenvalue weighted by Crippen LogP contribution is 2.29. The first-order valence-corrected chi connectivity index (χ1v) is 12.3. The molecule has 1 aliphatic heterocycles. The number of amides is 5. The normalized spacial score (nSPS) is 14.5. The van der Waals surface area contributed by atoms with Crippen LogP contribution in [0, 0.1) is 6.92 Å². The van der Waals surface area contributed by atoms with E-state index in [2.05, 4.69) is 26.6 Å². The molecule has 0 spiro atoms. The van der Waals surface area contributed by atoms with E-state index in [0.717, 1.165) is 10.5 Å². The number of carbonyl (C=O) groups excluding carboxylic acids is 4. The Labute approximate surface area is 230 Å². The third kappa shape index (κ3) is 6.19. The van der Waals surface area contributed by atoms with E-state index in [1.54, 1.807) is 61.5 Å². The first kappa shape index (κ1) is 26.4. The fourth-order valence-electron chi connectivity index (χ4n) is 3.38. The van der Waals surface area contributed by atoms with Gasteiger partial charge in [-0.2, -0.15) is 0 Å². The topological polar surface area (TPSA) is 105 Å². The van der Waals surface area contributed by atoms with Crippen molar-refractivity contribution in [3.63, 3.8) is 0 Å². The number of benzene rings is 3. The number of anilines is 2. The molecule has 2 N–H and O–H groups in total. The zero-order chi connectivity index (χ0) is 26.7. The quantitative estimate of drug-likeness (QED) is 0.276. The summed E-state index contributed by atoms with van der Waals surface area (Å²) in [5, 5.41) is 5.80. The van der Waals surface area contributed by atoms with Crippen molar-refractivity contribution < 1.29 is 23.9 Å². The molecule has 0 aromatic heterocycles. The molecule has 37 heavy (non-hydrogen) atoms. The smallest absolute Gasteiger partial charge is 0.335 e. The number of barbiturate groups is 1. The van der Waals surface area contributed by atoms with Crippen LogP contribution in [0.15, 0.2) is 70.7 Å². The van der Waals surface area contributed by atoms with E-state index in [0.29, 0.717) is 31.5 Å². The molecule has 1 fully saturated rings. The highest BCUT2D eigenvalue weighted by atomic mass is 79.9. The summed E-state index contributed by atoms with van der Waals surface area (Å²) in [6.07, 6.45) is 1.36. The third-order valence-corrected chi connectivity index (χ3v) is 6.55. The number of urea groups is 1. The van der Waals surface area contributed by atoms with E-state index in [4.69, 9.17) is 27.9 Å². The average molecular weight is 603 g/mol. The Kier molecular flexibility index (Phi) is 7.97. The van der Waals surface area contributed by atoms with Crippen LogP contribution in [0.3, 0.4) is 0 Å². The molecule has 4 rings (SSSR count). The molecular formula is C26H18BrCl2N3O5. The lowest BCUT2D eigenvalue weighted by molar-refractivity contribution is -0.122. The highest BCUT2D eigenvalue weighted by Gasteiger charge is 2.37. The molecule has 11 heteroatoms. The largest absolute Gasteiger partial charge is 0.483 e. The molecule has 1 saturated heterocycles. The summed E-state index contributed by atoms with van der Waals surface area (Å²) in [7, 11) is 0. The number of nitrogens with zero attached hydrogens (tertiary/aromatic N) is 1. The Morgan fingerprint density at radius 2 is 1.78 bits per heavy atom. The maximum absolute atomic E-state index is 13.1. The molecule has 3 aromatic rings. The number of hydrogen-bond acceptors (Lipinski definition) is 5. The first-order chi connectivity index (χ1) is 17.6. The SMILES string of the molecule is Cc1ccc(N2C(=O)NC(=O)/C(=C\c3ccc(OCC(=O)Nc4ccc(Cl)cc4)c(Br)c3)C2=O)cc1Cl. The summed E-state index contributed by atoms with van der Waals surface area (Å²) in [6, 6.07) is 15.3. The fraction of sp³-hybridized carbons (Fsp3) is 0.0769. The van der Waals surface area contributed by atoms with E-state index in [1.165, 1.54) is 12.1 Å². The van der Waals surface area contributed by atoms with Gasteiger partial charge in [-0.3, -0.25) is 19.7 Å². The summed E-state index contributed by atoms with van der Waals surface area (Å²) < 4.78 is 6.06. The van der Waals surface area contributed by atoms with Gasteiger partial charge in [0.05, 0.1) is 10.2 Å². The van der Waals surface area contributed by atoms with Crippen LogP contribution < -0.4 is 20.3 Å². The molecule has 5 amide bonds. The van der Waals surface area contributed by atoms with Crippen molar-refractivity contribution in [1.29, 1.82) is 0 Å². The van der Waals surface area contributed by atoms with Crippen LogP contribution in [0.1, 0.15) is 11.1 Å². The molecule has 0 radical (unpaired) electrons. The van der Waals surface area contributed by atoms with Gasteiger partial charge in [-0.15, -0.1) is 0 Å². The van der Waals surface area contributed by atoms with Crippen LogP contribution in [-0.2, 0) is 14.4 Å². The molecular weight excluding hydrogens is 585 g/mol. The van der Waals surface area contributed by atoms with Crippen molar-refractivity contribution in [1.82, 2.24) is 5.32 Å². The highest BCUT2D eigenvalue weighted by molar-refractivity contribution is 9.10. The molecule has 0 aliphatic carbocycles. The summed E-state index contributed by atoms with van der Waals surface area (Å²) >= 11 is 15.4. The number of ether oxygens (including phenoxy) is 1. The van der Waals surface area contributed by atoms with Gasteiger partial charge >= 0.3 is 6.03 Å². The first-order valence-electron chi connectivity index (χ1n) is 10.8. The van der Waals surface area contributed by atoms with Crippen molar-refractivity contribution in [2.24, 2.45) is 0 Å². The molecule has 188 valence electrons. The Balaban J connectivity index is 1.48. The Morgan fingerprint density at radius 1 is 1.05 bits per heavy atom. The monoisotopic (exact) mass is 601 g/mol. The number of hydrogen-bond donors (Lipinski definition) is 2. The number of halogens is 3. The minimum atomic E-state index is -0.867. The predicted molar refractivity (Wildman–Crippen MR) is 145 cm³/mol. The van der Waals surface area contributed by atoms with E-state index in [-0.39, 0.29) is 23.8 Å². The van der Waals surface area contributed by atoms with Crippen LogP contribution in [0.4, 0.5) is 16.2 Å². The summed E-state index contributed by atoms with van der Waals surface area (Å²) in [6.45, 7) is 1.54. The summed E-state index contributed by atoms with van der Waals surface area (Å²) in [4.78, 5) is 51.0. The predicted octanol–water partition coefficient (Wildman–Crippen LogP) is 5.75. The third-order valence-electron chi connectivity index (χ3n) is 5.27. The van der Waals surface area contributed by atoms with Gasteiger partial charge in [0.25, 0.3) is 17.7 Å². The number of carbonyl (C=O) groups is 4. The van der Waals surface area contributed by atoms with Gasteiger partial charge in [0.15, 0.2) is 6.61 Å². The molecule has 8 nitrogen and oxygen atoms in total. The zero-order valence-corrected chi connectivity index (χ0v) is 22.3. The maximum Gasteiger partial charge on any atom is 0.335 e. The molecule has 1 heterocycles. The van der Waals surface area contributed by atoms with E-state index in [1.807, 2.05) is 0 Å². The van der Waals surface area contributed by atoms with Crippen molar-refractivity contribution in [2.75, 3.05) is 16.8 Å². The average Bonchev–Trinajstić information content (AvgIpc) is 2.84. The molecule has 3 aromatic carbocycles. The molecule has 0 saturated carbocycles. The number of imide groups is 2. The summed E-state index contributed by atoms with van der Waals surface area (Å²) in [5.41, 5.74) is 1.84. The van der Waals surface area contributed by atoms with E-state index < -0.39 is 17.8 Å². The van der Waals surface area contributed by atoms with Crippen molar-refractivity contribution in [3.8, 4) is 5.75 Å². The lowest BCUT2D eigenvalue weighted by Gasteiger charge is -2.26. The van der Waals surface area contributed by atoms with E-state index in [9.17, 15) is 19.2 Å².